The molecule has 0 saturated heterocycles. The second kappa shape index (κ2) is 5.51. The molecule has 0 saturated carbocycles. The average Bonchev–Trinajstić information content (AvgIpc) is 2.36. The number of alkyl halides is 1. The quantitative estimate of drug-likeness (QED) is 0.615. The lowest BCUT2D eigenvalue weighted by atomic mass is 9.90. The van der Waals surface area contributed by atoms with Gasteiger partial charge in [0.1, 0.15) is 5.92 Å². The Kier molecular flexibility index (Phi) is 4.12. The molecular formula is C14H13F2IN2O. The van der Waals surface area contributed by atoms with Crippen LogP contribution in [0.1, 0.15) is 5.56 Å². The molecule has 0 bridgehead atoms. The molecule has 1 amide bonds. The van der Waals surface area contributed by atoms with Gasteiger partial charge in [-0.25, -0.2) is 8.78 Å². The summed E-state index contributed by atoms with van der Waals surface area (Å²) in [6.07, 6.45) is 3.51. The average molecular weight is 390 g/mol. The van der Waals surface area contributed by atoms with Crippen LogP contribution in [0.5, 0.6) is 0 Å². The molecule has 3 N–H and O–H groups in total. The van der Waals surface area contributed by atoms with E-state index in [9.17, 15) is 13.6 Å². The molecular weight excluding hydrogens is 377 g/mol. The summed E-state index contributed by atoms with van der Waals surface area (Å²) in [5, 5.41) is 2.47. The molecule has 0 aliphatic heterocycles. The normalized spacial score (nSPS) is 25.2. The Balaban J connectivity index is 2.40. The van der Waals surface area contributed by atoms with Crippen LogP contribution in [0.2, 0.25) is 0 Å². The van der Waals surface area contributed by atoms with Crippen LogP contribution in [0.25, 0.3) is 0 Å². The predicted octanol–water partition coefficient (Wildman–Crippen LogP) is 3.20. The highest BCUT2D eigenvalue weighted by atomic mass is 127. The number of carbonyl (C=O) groups excluding carboxylic acids is 1. The van der Waals surface area contributed by atoms with Crippen LogP contribution in [0.4, 0.5) is 14.5 Å². The van der Waals surface area contributed by atoms with Crippen molar-refractivity contribution in [3.05, 3.63) is 51.4 Å². The highest BCUT2D eigenvalue weighted by Crippen LogP contribution is 2.37. The van der Waals surface area contributed by atoms with E-state index < -0.39 is 23.4 Å². The maximum absolute atomic E-state index is 14.9. The minimum atomic E-state index is -2.65. The van der Waals surface area contributed by atoms with E-state index in [1.54, 1.807) is 19.1 Å². The number of halogens is 3. The Bertz CT molecular complexity index is 615. The maximum atomic E-state index is 14.9. The number of hydrogen-bond donors (Lipinski definition) is 2. The number of allylic oxidation sites excluding steroid dienone is 2. The number of anilines is 1. The van der Waals surface area contributed by atoms with Crippen LogP contribution in [0.3, 0.4) is 0 Å². The third-order valence-electron chi connectivity index (χ3n) is 3.13. The topological polar surface area (TPSA) is 55.1 Å². The number of amides is 1. The van der Waals surface area contributed by atoms with Gasteiger partial charge < -0.3 is 11.1 Å². The lowest BCUT2D eigenvalue weighted by molar-refractivity contribution is -0.123. The van der Waals surface area contributed by atoms with Gasteiger partial charge in [-0.05, 0) is 59.4 Å². The number of nitrogens with one attached hydrogen (secondary N) is 1. The van der Waals surface area contributed by atoms with Crippen molar-refractivity contribution in [3.63, 3.8) is 0 Å². The smallest absolute Gasteiger partial charge is 0.247 e. The first kappa shape index (κ1) is 15.0. The summed E-state index contributed by atoms with van der Waals surface area (Å²) >= 11 is 2.12. The van der Waals surface area contributed by atoms with E-state index in [1.165, 1.54) is 12.2 Å². The van der Waals surface area contributed by atoms with Gasteiger partial charge in [0.15, 0.2) is 5.83 Å². The van der Waals surface area contributed by atoms with Gasteiger partial charge >= 0.3 is 0 Å². The van der Waals surface area contributed by atoms with Gasteiger partial charge in [0.05, 0.1) is 0 Å². The summed E-state index contributed by atoms with van der Waals surface area (Å²) in [6, 6.07) is 5.23. The summed E-state index contributed by atoms with van der Waals surface area (Å²) in [4.78, 5) is 11.3. The number of hydrogen-bond acceptors (Lipinski definition) is 2. The van der Waals surface area contributed by atoms with E-state index >= 15 is 0 Å². The van der Waals surface area contributed by atoms with Gasteiger partial charge in [0.2, 0.25) is 11.7 Å². The first-order valence-electron chi connectivity index (χ1n) is 5.91. The molecule has 106 valence electrons. The Morgan fingerprint density at radius 1 is 1.50 bits per heavy atom. The van der Waals surface area contributed by atoms with Crippen molar-refractivity contribution in [1.29, 1.82) is 0 Å². The largest absolute Gasteiger partial charge is 0.369 e. The number of benzene rings is 1. The fraction of sp³-hybridized carbons (Fsp3) is 0.214. The lowest BCUT2D eigenvalue weighted by Gasteiger charge is -2.32. The molecule has 2 unspecified atom stereocenters. The van der Waals surface area contributed by atoms with Crippen molar-refractivity contribution in [2.75, 3.05) is 5.32 Å². The number of nitrogens with two attached hydrogens (primary N) is 1. The van der Waals surface area contributed by atoms with Gasteiger partial charge in [0, 0.05) is 9.26 Å². The molecule has 2 rings (SSSR count). The molecule has 6 heteroatoms. The van der Waals surface area contributed by atoms with Gasteiger partial charge in [0.25, 0.3) is 0 Å². The SMILES string of the molecule is Cc1cc(I)ccc1NC1(F)C(F)=CC=CC1C(N)=O. The minimum Gasteiger partial charge on any atom is -0.369 e. The predicted molar refractivity (Wildman–Crippen MR) is 82.4 cm³/mol. The third-order valence-corrected chi connectivity index (χ3v) is 3.80. The van der Waals surface area contributed by atoms with Gasteiger partial charge in [-0.3, -0.25) is 4.79 Å². The van der Waals surface area contributed by atoms with Crippen LogP contribution in [-0.2, 0) is 4.79 Å². The Hall–Kier alpha value is -1.44. The van der Waals surface area contributed by atoms with Gasteiger partial charge in [-0.15, -0.1) is 0 Å². The number of rotatable bonds is 3. The summed E-state index contributed by atoms with van der Waals surface area (Å²) in [5.74, 6) is -6.05. The summed E-state index contributed by atoms with van der Waals surface area (Å²) in [5.41, 5.74) is 6.32. The van der Waals surface area contributed by atoms with Crippen molar-refractivity contribution in [2.45, 2.75) is 12.7 Å². The molecule has 2 atom stereocenters. The molecule has 0 aromatic heterocycles. The third kappa shape index (κ3) is 2.70. The Morgan fingerprint density at radius 3 is 2.80 bits per heavy atom. The van der Waals surface area contributed by atoms with E-state index in [0.29, 0.717) is 5.69 Å². The first-order chi connectivity index (χ1) is 9.34. The van der Waals surface area contributed by atoms with Crippen LogP contribution in [-0.4, -0.2) is 11.7 Å². The van der Waals surface area contributed by atoms with Crippen molar-refractivity contribution >= 4 is 34.2 Å². The molecule has 3 nitrogen and oxygen atoms in total. The van der Waals surface area contributed by atoms with Crippen molar-refractivity contribution < 1.29 is 13.6 Å². The zero-order valence-corrected chi connectivity index (χ0v) is 12.8. The highest BCUT2D eigenvalue weighted by Gasteiger charge is 2.47. The standard InChI is InChI=1S/C14H13F2IN2O/c1-8-7-9(17)5-6-11(8)19-14(16)10(13(18)20)3-2-4-12(14)15/h2-7,10,19H,1H3,(H2,18,20). The Labute approximate surface area is 129 Å². The van der Waals surface area contributed by atoms with E-state index in [0.717, 1.165) is 15.2 Å². The fourth-order valence-corrected chi connectivity index (χ4v) is 2.69. The molecule has 0 fully saturated rings. The number of carbonyl (C=O) groups is 1. The molecule has 1 aliphatic carbocycles. The highest BCUT2D eigenvalue weighted by molar-refractivity contribution is 14.1. The fourth-order valence-electron chi connectivity index (χ4n) is 2.05. The zero-order valence-electron chi connectivity index (χ0n) is 10.7. The summed E-state index contributed by atoms with van der Waals surface area (Å²) < 4.78 is 29.8. The molecule has 1 aromatic rings. The molecule has 1 aliphatic rings. The second-order valence-electron chi connectivity index (χ2n) is 4.58. The lowest BCUT2D eigenvalue weighted by Crippen LogP contribution is -2.48. The first-order valence-corrected chi connectivity index (χ1v) is 6.99. The number of aryl methyl sites for hydroxylation is 1. The van der Waals surface area contributed by atoms with Crippen molar-refractivity contribution in [3.8, 4) is 0 Å². The van der Waals surface area contributed by atoms with Crippen LogP contribution < -0.4 is 11.1 Å². The molecule has 0 heterocycles. The van der Waals surface area contributed by atoms with Gasteiger partial charge in [-0.2, -0.15) is 0 Å². The van der Waals surface area contributed by atoms with Crippen LogP contribution >= 0.6 is 22.6 Å². The van der Waals surface area contributed by atoms with Crippen LogP contribution in [0.15, 0.2) is 42.3 Å². The monoisotopic (exact) mass is 390 g/mol. The number of primary amides is 1. The molecule has 1 aromatic carbocycles. The summed E-state index contributed by atoms with van der Waals surface area (Å²) in [6.45, 7) is 1.77. The molecule has 20 heavy (non-hydrogen) atoms. The van der Waals surface area contributed by atoms with Crippen molar-refractivity contribution in [1.82, 2.24) is 0 Å². The molecule has 0 spiro atoms. The Morgan fingerprint density at radius 2 is 2.20 bits per heavy atom. The zero-order chi connectivity index (χ0) is 14.9. The second-order valence-corrected chi connectivity index (χ2v) is 5.82. The van der Waals surface area contributed by atoms with Crippen LogP contribution in [0, 0.1) is 16.4 Å². The van der Waals surface area contributed by atoms with Crippen molar-refractivity contribution in [2.24, 2.45) is 11.7 Å². The van der Waals surface area contributed by atoms with E-state index in [2.05, 4.69) is 27.9 Å². The molecule has 0 radical (unpaired) electrons. The maximum Gasteiger partial charge on any atom is 0.247 e. The van der Waals surface area contributed by atoms with E-state index in [1.807, 2.05) is 6.07 Å². The van der Waals surface area contributed by atoms with E-state index in [-0.39, 0.29) is 0 Å². The minimum absolute atomic E-state index is 0.415. The van der Waals surface area contributed by atoms with Gasteiger partial charge in [-0.1, -0.05) is 12.2 Å². The summed E-state index contributed by atoms with van der Waals surface area (Å²) in [7, 11) is 0. The van der Waals surface area contributed by atoms with E-state index in [4.69, 9.17) is 5.73 Å².